The highest BCUT2D eigenvalue weighted by atomic mass is 19.1. The molecule has 18 heavy (non-hydrogen) atoms. The summed E-state index contributed by atoms with van der Waals surface area (Å²) in [7, 11) is 1.86. The minimum Gasteiger partial charge on any atom is -0.310 e. The van der Waals surface area contributed by atoms with Gasteiger partial charge in [-0.15, -0.1) is 0 Å². The third-order valence-electron chi connectivity index (χ3n) is 2.89. The van der Waals surface area contributed by atoms with Gasteiger partial charge in [0.25, 0.3) is 0 Å². The lowest BCUT2D eigenvalue weighted by Crippen LogP contribution is -2.24. The van der Waals surface area contributed by atoms with E-state index in [1.807, 2.05) is 20.0 Å². The Hall–Kier alpha value is -1.75. The maximum absolute atomic E-state index is 13.3. The molecule has 0 radical (unpaired) electrons. The number of benzene rings is 1. The molecule has 1 heterocycles. The van der Waals surface area contributed by atoms with E-state index in [-0.39, 0.29) is 11.9 Å². The molecule has 0 spiro atoms. The summed E-state index contributed by atoms with van der Waals surface area (Å²) in [6, 6.07) is 6.71. The van der Waals surface area contributed by atoms with E-state index in [1.165, 1.54) is 12.4 Å². The van der Waals surface area contributed by atoms with Gasteiger partial charge in [-0.25, -0.2) is 9.37 Å². The first kappa shape index (κ1) is 12.7. The monoisotopic (exact) mass is 248 g/mol. The number of nitrogens with zero attached hydrogens (tertiary/aromatic N) is 3. The van der Waals surface area contributed by atoms with Gasteiger partial charge in [0.15, 0.2) is 0 Å². The summed E-state index contributed by atoms with van der Waals surface area (Å²) in [5.74, 6) is 0.665. The van der Waals surface area contributed by atoms with Gasteiger partial charge in [0.2, 0.25) is 0 Å². The number of nitrogens with one attached hydrogen (secondary N) is 1. The molecule has 0 saturated heterocycles. The minimum atomic E-state index is -0.214. The second-order valence-corrected chi connectivity index (χ2v) is 4.17. The Morgan fingerprint density at radius 1 is 1.44 bits per heavy atom. The zero-order valence-corrected chi connectivity index (χ0v) is 10.6. The van der Waals surface area contributed by atoms with Crippen molar-refractivity contribution >= 4 is 0 Å². The molecule has 0 aliphatic carbocycles. The number of hydrogen-bond donors (Lipinski definition) is 1. The van der Waals surface area contributed by atoms with Crippen molar-refractivity contribution in [3.05, 3.63) is 47.8 Å². The molecule has 0 amide bonds. The molecule has 0 bridgehead atoms. The molecule has 1 aromatic heterocycles. The van der Waals surface area contributed by atoms with Gasteiger partial charge in [-0.1, -0.05) is 19.1 Å². The van der Waals surface area contributed by atoms with E-state index in [1.54, 1.807) is 16.8 Å². The van der Waals surface area contributed by atoms with Crippen molar-refractivity contribution < 1.29 is 4.39 Å². The van der Waals surface area contributed by atoms with Crippen molar-refractivity contribution in [1.82, 2.24) is 20.1 Å². The van der Waals surface area contributed by atoms with Crippen LogP contribution in [0.3, 0.4) is 0 Å². The zero-order valence-electron chi connectivity index (χ0n) is 10.6. The van der Waals surface area contributed by atoms with Crippen LogP contribution in [-0.4, -0.2) is 21.3 Å². The maximum atomic E-state index is 13.3. The van der Waals surface area contributed by atoms with Gasteiger partial charge in [0.05, 0.1) is 0 Å². The lowest BCUT2D eigenvalue weighted by atomic mass is 10.0. The summed E-state index contributed by atoms with van der Waals surface area (Å²) in [6.07, 6.45) is 2.22. The van der Waals surface area contributed by atoms with Crippen molar-refractivity contribution in [2.75, 3.05) is 6.54 Å². The maximum Gasteiger partial charge on any atom is 0.138 e. The number of aryl methyl sites for hydroxylation is 1. The van der Waals surface area contributed by atoms with Crippen molar-refractivity contribution in [3.63, 3.8) is 0 Å². The number of aromatic nitrogens is 3. The van der Waals surface area contributed by atoms with E-state index in [4.69, 9.17) is 0 Å². The summed E-state index contributed by atoms with van der Waals surface area (Å²) in [4.78, 5) is 4.20. The van der Waals surface area contributed by atoms with Crippen LogP contribution >= 0.6 is 0 Å². The summed E-state index contributed by atoms with van der Waals surface area (Å²) in [5, 5.41) is 7.39. The van der Waals surface area contributed by atoms with Crippen molar-refractivity contribution in [1.29, 1.82) is 0 Å². The van der Waals surface area contributed by atoms with E-state index in [0.717, 1.165) is 17.9 Å². The lowest BCUT2D eigenvalue weighted by molar-refractivity contribution is 0.517. The molecule has 0 aliphatic rings. The highest BCUT2D eigenvalue weighted by Crippen LogP contribution is 2.18. The average Bonchev–Trinajstić information content (AvgIpc) is 2.74. The predicted molar refractivity (Wildman–Crippen MR) is 67.5 cm³/mol. The highest BCUT2D eigenvalue weighted by molar-refractivity contribution is 5.21. The van der Waals surface area contributed by atoms with Gasteiger partial charge in [-0.05, 0) is 24.2 Å². The Kier molecular flexibility index (Phi) is 4.04. The fraction of sp³-hybridized carbons (Fsp3) is 0.385. The first-order valence-electron chi connectivity index (χ1n) is 6.02. The van der Waals surface area contributed by atoms with Crippen LogP contribution in [0.15, 0.2) is 30.6 Å². The standard InChI is InChI=1S/C13H17FN4/c1-3-15-12(8-13-16-9-17-18(13)2)10-5-4-6-11(14)7-10/h4-7,9,12,15H,3,8H2,1-2H3. The summed E-state index contributed by atoms with van der Waals surface area (Å²) in [6.45, 7) is 2.85. The van der Waals surface area contributed by atoms with E-state index >= 15 is 0 Å². The predicted octanol–water partition coefficient (Wildman–Crippen LogP) is 1.85. The third-order valence-corrected chi connectivity index (χ3v) is 2.89. The third kappa shape index (κ3) is 2.92. The van der Waals surface area contributed by atoms with Crippen LogP contribution in [0.5, 0.6) is 0 Å². The Morgan fingerprint density at radius 3 is 2.89 bits per heavy atom. The van der Waals surface area contributed by atoms with Gasteiger partial charge < -0.3 is 5.32 Å². The molecule has 0 fully saturated rings. The van der Waals surface area contributed by atoms with Crippen LogP contribution in [0.25, 0.3) is 0 Å². The largest absolute Gasteiger partial charge is 0.310 e. The topological polar surface area (TPSA) is 42.7 Å². The van der Waals surface area contributed by atoms with Crippen LogP contribution in [0, 0.1) is 5.82 Å². The Bertz CT molecular complexity index is 509. The van der Waals surface area contributed by atoms with Gasteiger partial charge >= 0.3 is 0 Å². The molecule has 2 rings (SSSR count). The number of halogens is 1. The van der Waals surface area contributed by atoms with Crippen LogP contribution in [-0.2, 0) is 13.5 Å². The Balaban J connectivity index is 2.20. The minimum absolute atomic E-state index is 0.0496. The number of hydrogen-bond acceptors (Lipinski definition) is 3. The van der Waals surface area contributed by atoms with Crippen molar-refractivity contribution in [3.8, 4) is 0 Å². The molecule has 1 atom stereocenters. The molecule has 1 unspecified atom stereocenters. The molecule has 1 N–H and O–H groups in total. The fourth-order valence-electron chi connectivity index (χ4n) is 1.97. The van der Waals surface area contributed by atoms with Gasteiger partial charge in [0, 0.05) is 19.5 Å². The van der Waals surface area contributed by atoms with Gasteiger partial charge in [0.1, 0.15) is 18.0 Å². The smallest absolute Gasteiger partial charge is 0.138 e. The molecule has 0 aliphatic heterocycles. The molecule has 5 heteroatoms. The van der Waals surface area contributed by atoms with E-state index in [9.17, 15) is 4.39 Å². The number of likely N-dealkylation sites (N-methyl/N-ethyl adjacent to an activating group) is 1. The fourth-order valence-corrected chi connectivity index (χ4v) is 1.97. The van der Waals surface area contributed by atoms with Crippen molar-refractivity contribution in [2.45, 2.75) is 19.4 Å². The van der Waals surface area contributed by atoms with Crippen molar-refractivity contribution in [2.24, 2.45) is 7.05 Å². The van der Waals surface area contributed by atoms with E-state index in [0.29, 0.717) is 6.42 Å². The van der Waals surface area contributed by atoms with Crippen LogP contribution in [0.2, 0.25) is 0 Å². The molecular weight excluding hydrogens is 231 g/mol. The van der Waals surface area contributed by atoms with Gasteiger partial charge in [-0.2, -0.15) is 5.10 Å². The van der Waals surface area contributed by atoms with Gasteiger partial charge in [-0.3, -0.25) is 4.68 Å². The second kappa shape index (κ2) is 5.73. The lowest BCUT2D eigenvalue weighted by Gasteiger charge is -2.17. The zero-order chi connectivity index (χ0) is 13.0. The van der Waals surface area contributed by atoms with Crippen LogP contribution in [0.1, 0.15) is 24.4 Å². The normalized spacial score (nSPS) is 12.6. The van der Waals surface area contributed by atoms with Crippen LogP contribution in [0.4, 0.5) is 4.39 Å². The molecular formula is C13H17FN4. The summed E-state index contributed by atoms with van der Waals surface area (Å²) >= 11 is 0. The van der Waals surface area contributed by atoms with Crippen LogP contribution < -0.4 is 5.32 Å². The Morgan fingerprint density at radius 2 is 2.28 bits per heavy atom. The molecule has 1 aromatic carbocycles. The van der Waals surface area contributed by atoms with E-state index < -0.39 is 0 Å². The molecule has 0 saturated carbocycles. The quantitative estimate of drug-likeness (QED) is 0.878. The first-order valence-corrected chi connectivity index (χ1v) is 6.02. The highest BCUT2D eigenvalue weighted by Gasteiger charge is 2.14. The SMILES string of the molecule is CCNC(Cc1ncnn1C)c1cccc(F)c1. The molecule has 4 nitrogen and oxygen atoms in total. The second-order valence-electron chi connectivity index (χ2n) is 4.17. The summed E-state index contributed by atoms with van der Waals surface area (Å²) < 4.78 is 15.0. The molecule has 96 valence electrons. The Labute approximate surface area is 106 Å². The molecule has 2 aromatic rings. The first-order chi connectivity index (χ1) is 8.70. The number of rotatable bonds is 5. The average molecular weight is 248 g/mol. The summed E-state index contributed by atoms with van der Waals surface area (Å²) in [5.41, 5.74) is 0.930. The van der Waals surface area contributed by atoms with E-state index in [2.05, 4.69) is 15.4 Å².